The third-order valence-corrected chi connectivity index (χ3v) is 10.8. The molecular formula is C36H39Cl2NO2S. The second kappa shape index (κ2) is 12.6. The van der Waals surface area contributed by atoms with E-state index in [2.05, 4.69) is 80.5 Å². The molecule has 42 heavy (non-hydrogen) atoms. The molecule has 4 aliphatic rings. The number of carbonyl (C=O) groups excluding carboxylic acids is 1. The molecular weight excluding hydrogens is 581 g/mol. The predicted octanol–water partition coefficient (Wildman–Crippen LogP) is 9.35. The number of nitrogens with zero attached hydrogens (tertiary/aromatic N) is 1. The molecule has 1 N–H and O–H groups in total. The molecule has 220 valence electrons. The Labute approximate surface area is 265 Å². The molecule has 1 heterocycles. The highest BCUT2D eigenvalue weighted by Gasteiger charge is 2.52. The van der Waals surface area contributed by atoms with Gasteiger partial charge in [-0.3, -0.25) is 4.79 Å². The lowest BCUT2D eigenvalue weighted by atomic mass is 9.60. The van der Waals surface area contributed by atoms with Crippen molar-refractivity contribution < 1.29 is 9.90 Å². The van der Waals surface area contributed by atoms with E-state index in [9.17, 15) is 9.90 Å². The van der Waals surface area contributed by atoms with E-state index in [4.69, 9.17) is 11.6 Å². The van der Waals surface area contributed by atoms with Crippen molar-refractivity contribution in [2.75, 3.05) is 20.6 Å². The summed E-state index contributed by atoms with van der Waals surface area (Å²) in [4.78, 5) is 17.1. The highest BCUT2D eigenvalue weighted by molar-refractivity contribution is 7.99. The second-order valence-corrected chi connectivity index (χ2v) is 13.8. The van der Waals surface area contributed by atoms with Gasteiger partial charge < -0.3 is 10.0 Å². The molecule has 3 aromatic rings. The molecule has 2 fully saturated rings. The van der Waals surface area contributed by atoms with Crippen LogP contribution in [0.5, 0.6) is 5.75 Å². The quantitative estimate of drug-likeness (QED) is 0.232. The fourth-order valence-electron chi connectivity index (χ4n) is 7.26. The van der Waals surface area contributed by atoms with Crippen LogP contribution in [0.1, 0.15) is 67.2 Å². The summed E-state index contributed by atoms with van der Waals surface area (Å²) in [5, 5.41) is 10.4. The lowest BCUT2D eigenvalue weighted by Gasteiger charge is -2.43. The van der Waals surface area contributed by atoms with Crippen LogP contribution < -0.4 is 0 Å². The molecule has 0 spiro atoms. The van der Waals surface area contributed by atoms with E-state index in [1.165, 1.54) is 43.2 Å². The number of fused-ring (bicyclic) bond motifs is 7. The Bertz CT molecular complexity index is 1560. The van der Waals surface area contributed by atoms with Gasteiger partial charge in [0.25, 0.3) is 0 Å². The average molecular weight is 621 g/mol. The van der Waals surface area contributed by atoms with Crippen molar-refractivity contribution in [1.29, 1.82) is 0 Å². The van der Waals surface area contributed by atoms with Gasteiger partial charge in [0, 0.05) is 39.1 Å². The third-order valence-electron chi connectivity index (χ3n) is 9.44. The van der Waals surface area contributed by atoms with Crippen molar-refractivity contribution in [1.82, 2.24) is 4.90 Å². The maximum atomic E-state index is 12.2. The molecule has 3 aromatic carbocycles. The van der Waals surface area contributed by atoms with Gasteiger partial charge in [-0.1, -0.05) is 72.3 Å². The minimum Gasteiger partial charge on any atom is -0.508 e. The second-order valence-electron chi connectivity index (χ2n) is 12.3. The number of aromatic hydroxyl groups is 1. The molecule has 3 nitrogen and oxygen atoms in total. The van der Waals surface area contributed by atoms with Crippen molar-refractivity contribution in [3.63, 3.8) is 0 Å². The lowest BCUT2D eigenvalue weighted by molar-refractivity contribution is -0.126. The van der Waals surface area contributed by atoms with E-state index in [0.29, 0.717) is 23.4 Å². The van der Waals surface area contributed by atoms with Crippen LogP contribution in [0.4, 0.5) is 0 Å². The van der Waals surface area contributed by atoms with Crippen molar-refractivity contribution in [2.24, 2.45) is 11.3 Å². The van der Waals surface area contributed by atoms with E-state index in [1.54, 1.807) is 6.07 Å². The van der Waals surface area contributed by atoms with Crippen LogP contribution >= 0.6 is 35.8 Å². The molecule has 3 unspecified atom stereocenters. The Morgan fingerprint density at radius 1 is 1.05 bits per heavy atom. The summed E-state index contributed by atoms with van der Waals surface area (Å²) in [5.74, 6) is 1.76. The molecule has 0 radical (unpaired) electrons. The third kappa shape index (κ3) is 5.84. The Balaban J connectivity index is 0.000000164. The molecule has 3 atom stereocenters. The Morgan fingerprint density at radius 2 is 1.83 bits per heavy atom. The van der Waals surface area contributed by atoms with Crippen LogP contribution in [-0.2, 0) is 11.2 Å². The molecule has 0 bridgehead atoms. The summed E-state index contributed by atoms with van der Waals surface area (Å²) in [7, 11) is 4.21. The number of phenolic OH excluding ortho intramolecular Hbond substituents is 1. The first-order valence-electron chi connectivity index (χ1n) is 14.7. The summed E-state index contributed by atoms with van der Waals surface area (Å²) < 4.78 is 0. The van der Waals surface area contributed by atoms with Gasteiger partial charge in [0.15, 0.2) is 0 Å². The van der Waals surface area contributed by atoms with Gasteiger partial charge in [-0.15, -0.1) is 12.4 Å². The zero-order valence-electron chi connectivity index (χ0n) is 24.5. The van der Waals surface area contributed by atoms with Gasteiger partial charge in [0.1, 0.15) is 11.5 Å². The summed E-state index contributed by atoms with van der Waals surface area (Å²) in [5.41, 5.74) is 7.91. The monoisotopic (exact) mass is 619 g/mol. The fraction of sp³-hybridized carbons (Fsp3) is 0.361. The van der Waals surface area contributed by atoms with Gasteiger partial charge in [-0.05, 0) is 116 Å². The predicted molar refractivity (Wildman–Crippen MR) is 177 cm³/mol. The minimum atomic E-state index is -0.100. The number of Topliss-reactive ketones (excluding diaryl/α,β-unsaturated/α-hetero) is 1. The lowest BCUT2D eigenvalue weighted by Crippen LogP contribution is -2.37. The van der Waals surface area contributed by atoms with E-state index in [-0.39, 0.29) is 17.8 Å². The van der Waals surface area contributed by atoms with E-state index in [0.717, 1.165) is 50.1 Å². The summed E-state index contributed by atoms with van der Waals surface area (Å²) in [6.45, 7) is 3.23. The zero-order valence-corrected chi connectivity index (χ0v) is 26.9. The number of ketones is 1. The van der Waals surface area contributed by atoms with Crippen LogP contribution in [0.2, 0.25) is 5.02 Å². The first kappa shape index (κ1) is 30.9. The SMILES string of the molecule is CC12CCC3C(=CCc4cc(O)ccc43)C1CCC2=O.CN(C)CCC=C1c2ccccc2Sc2ccc(Cl)cc21.Cl. The number of phenols is 1. The van der Waals surface area contributed by atoms with Gasteiger partial charge in [-0.2, -0.15) is 0 Å². The van der Waals surface area contributed by atoms with Gasteiger partial charge >= 0.3 is 0 Å². The van der Waals surface area contributed by atoms with Crippen molar-refractivity contribution in [3.05, 3.63) is 106 Å². The number of benzene rings is 3. The van der Waals surface area contributed by atoms with Gasteiger partial charge in [0.2, 0.25) is 0 Å². The molecule has 6 heteroatoms. The van der Waals surface area contributed by atoms with Crippen LogP contribution in [0.3, 0.4) is 0 Å². The van der Waals surface area contributed by atoms with Crippen molar-refractivity contribution in [2.45, 2.75) is 61.2 Å². The summed E-state index contributed by atoms with van der Waals surface area (Å²) in [6, 6.07) is 20.6. The van der Waals surface area contributed by atoms with E-state index in [1.807, 2.05) is 23.9 Å². The number of hydrogen-bond donors (Lipinski definition) is 1. The maximum Gasteiger partial charge on any atom is 0.139 e. The Kier molecular flexibility index (Phi) is 9.30. The summed E-state index contributed by atoms with van der Waals surface area (Å²) >= 11 is 8.03. The topological polar surface area (TPSA) is 40.5 Å². The summed E-state index contributed by atoms with van der Waals surface area (Å²) in [6.07, 6.45) is 10.5. The van der Waals surface area contributed by atoms with Crippen molar-refractivity contribution >= 4 is 47.1 Å². The standard InChI is InChI=1S/C18H18ClNS.C18H20O2.ClH/c1-20(2)11-5-7-14-15-6-3-4-8-17(15)21-18-10-9-13(19)12-16(14)18;1-18-9-8-14-13-5-3-12(19)10-11(13)2-4-15(14)16(18)6-7-17(18)20;/h3-4,6-10,12H,5,11H2,1-2H3;3-5,10,14,16,19H,2,6-9H2,1H3;1H. The number of allylic oxidation sites excluding steroid dienone is 2. The Morgan fingerprint density at radius 3 is 2.64 bits per heavy atom. The van der Waals surface area contributed by atoms with Crippen molar-refractivity contribution in [3.8, 4) is 5.75 Å². The Hall–Kier alpha value is -2.50. The minimum absolute atomic E-state index is 0. The number of rotatable bonds is 3. The number of hydrogen-bond acceptors (Lipinski definition) is 4. The van der Waals surface area contributed by atoms with Gasteiger partial charge in [0.05, 0.1) is 0 Å². The molecule has 2 saturated carbocycles. The molecule has 0 saturated heterocycles. The molecule has 0 aromatic heterocycles. The number of halogens is 2. The average Bonchev–Trinajstić information content (AvgIpc) is 3.27. The molecule has 3 aliphatic carbocycles. The molecule has 1 aliphatic heterocycles. The van der Waals surface area contributed by atoms with Crippen LogP contribution in [0.25, 0.3) is 5.57 Å². The maximum absolute atomic E-state index is 12.2. The van der Waals surface area contributed by atoms with Gasteiger partial charge in [-0.25, -0.2) is 0 Å². The highest BCUT2D eigenvalue weighted by atomic mass is 35.5. The van der Waals surface area contributed by atoms with Crippen LogP contribution in [0.15, 0.2) is 88.2 Å². The van der Waals surface area contributed by atoms with E-state index < -0.39 is 0 Å². The largest absolute Gasteiger partial charge is 0.508 e. The molecule has 7 rings (SSSR count). The normalized spacial score (nSPS) is 24.3. The van der Waals surface area contributed by atoms with Crippen LogP contribution in [0, 0.1) is 11.3 Å². The van der Waals surface area contributed by atoms with Crippen LogP contribution in [-0.4, -0.2) is 36.4 Å². The molecule has 0 amide bonds. The highest BCUT2D eigenvalue weighted by Crippen LogP contribution is 2.58. The number of carbonyl (C=O) groups is 1. The van der Waals surface area contributed by atoms with E-state index >= 15 is 0 Å². The fourth-order valence-corrected chi connectivity index (χ4v) is 8.52. The first-order valence-corrected chi connectivity index (χ1v) is 15.9. The first-order chi connectivity index (χ1) is 19.7. The smallest absolute Gasteiger partial charge is 0.139 e. The zero-order chi connectivity index (χ0) is 28.7.